The van der Waals surface area contributed by atoms with Crippen LogP contribution in [-0.2, 0) is 10.0 Å². The highest BCUT2D eigenvalue weighted by Gasteiger charge is 2.34. The Kier molecular flexibility index (Phi) is 5.27. The molecular formula is C19H22N2O5S. The van der Waals surface area contributed by atoms with Crippen molar-refractivity contribution in [2.75, 3.05) is 27.6 Å². The minimum atomic E-state index is -3.54. The van der Waals surface area contributed by atoms with Gasteiger partial charge in [0.25, 0.3) is 0 Å². The lowest BCUT2D eigenvalue weighted by Gasteiger charge is -2.21. The van der Waals surface area contributed by atoms with Gasteiger partial charge in [-0.2, -0.15) is 9.52 Å². The molecule has 0 saturated carbocycles. The molecule has 1 aliphatic heterocycles. The Hall–Kier alpha value is -2.74. The van der Waals surface area contributed by atoms with Gasteiger partial charge < -0.3 is 14.2 Å². The van der Waals surface area contributed by atoms with Crippen LogP contribution in [0.5, 0.6) is 17.2 Å². The molecule has 0 aromatic heterocycles. The third kappa shape index (κ3) is 3.85. The van der Waals surface area contributed by atoms with Gasteiger partial charge in [0.15, 0.2) is 11.5 Å². The second-order valence-electron chi connectivity index (χ2n) is 6.15. The molecule has 8 heteroatoms. The van der Waals surface area contributed by atoms with Gasteiger partial charge in [-0.15, -0.1) is 0 Å². The Labute approximate surface area is 159 Å². The SMILES string of the molecule is COc1cccc([C@@H]2CC(c3ccc(OC)c(OC)c3)=NN2S(C)(=O)=O)c1. The van der Waals surface area contributed by atoms with Crippen molar-refractivity contribution in [3.63, 3.8) is 0 Å². The molecule has 0 amide bonds. The van der Waals surface area contributed by atoms with Crippen molar-refractivity contribution in [2.45, 2.75) is 12.5 Å². The molecular weight excluding hydrogens is 368 g/mol. The van der Waals surface area contributed by atoms with E-state index in [4.69, 9.17) is 14.2 Å². The van der Waals surface area contributed by atoms with Crippen LogP contribution < -0.4 is 14.2 Å². The van der Waals surface area contributed by atoms with Crippen LogP contribution in [0.25, 0.3) is 0 Å². The van der Waals surface area contributed by atoms with Gasteiger partial charge in [-0.1, -0.05) is 12.1 Å². The zero-order valence-electron chi connectivity index (χ0n) is 15.7. The largest absolute Gasteiger partial charge is 0.497 e. The monoisotopic (exact) mass is 390 g/mol. The summed E-state index contributed by atoms with van der Waals surface area (Å²) in [7, 11) is 1.16. The number of hydrogen-bond donors (Lipinski definition) is 0. The summed E-state index contributed by atoms with van der Waals surface area (Å²) < 4.78 is 41.7. The highest BCUT2D eigenvalue weighted by Crippen LogP contribution is 2.37. The second-order valence-corrected chi connectivity index (χ2v) is 7.99. The van der Waals surface area contributed by atoms with Crippen molar-refractivity contribution >= 4 is 15.7 Å². The molecule has 0 N–H and O–H groups in total. The molecule has 0 radical (unpaired) electrons. The number of benzene rings is 2. The first-order valence-corrected chi connectivity index (χ1v) is 10.2. The van der Waals surface area contributed by atoms with E-state index >= 15 is 0 Å². The second kappa shape index (κ2) is 7.48. The van der Waals surface area contributed by atoms with Crippen LogP contribution in [0.3, 0.4) is 0 Å². The fraction of sp³-hybridized carbons (Fsp3) is 0.316. The predicted octanol–water partition coefficient (Wildman–Crippen LogP) is 2.82. The van der Waals surface area contributed by atoms with E-state index in [0.717, 1.165) is 21.8 Å². The van der Waals surface area contributed by atoms with Gasteiger partial charge in [0, 0.05) is 12.0 Å². The van der Waals surface area contributed by atoms with E-state index in [2.05, 4.69) is 5.10 Å². The first-order valence-electron chi connectivity index (χ1n) is 8.30. The minimum absolute atomic E-state index is 0.432. The van der Waals surface area contributed by atoms with Crippen molar-refractivity contribution in [3.05, 3.63) is 53.6 Å². The summed E-state index contributed by atoms with van der Waals surface area (Å²) in [6.07, 6.45) is 1.59. The number of rotatable bonds is 6. The molecule has 0 spiro atoms. The van der Waals surface area contributed by atoms with E-state index in [0.29, 0.717) is 29.4 Å². The molecule has 3 rings (SSSR count). The summed E-state index contributed by atoms with van der Waals surface area (Å²) in [5.74, 6) is 1.83. The molecule has 0 saturated heterocycles. The van der Waals surface area contributed by atoms with E-state index in [9.17, 15) is 8.42 Å². The van der Waals surface area contributed by atoms with Gasteiger partial charge in [0.2, 0.25) is 10.0 Å². The van der Waals surface area contributed by atoms with E-state index in [-0.39, 0.29) is 0 Å². The maximum absolute atomic E-state index is 12.3. The molecule has 7 nitrogen and oxygen atoms in total. The molecule has 2 aromatic rings. The smallest absolute Gasteiger partial charge is 0.247 e. The van der Waals surface area contributed by atoms with Crippen LogP contribution in [0.1, 0.15) is 23.6 Å². The molecule has 0 bridgehead atoms. The lowest BCUT2D eigenvalue weighted by atomic mass is 9.98. The third-order valence-electron chi connectivity index (χ3n) is 4.41. The first-order chi connectivity index (χ1) is 12.9. The molecule has 0 fully saturated rings. The number of hydrogen-bond acceptors (Lipinski definition) is 6. The Morgan fingerprint density at radius 3 is 2.37 bits per heavy atom. The van der Waals surface area contributed by atoms with Crippen molar-refractivity contribution < 1.29 is 22.6 Å². The lowest BCUT2D eigenvalue weighted by molar-refractivity contribution is 0.355. The van der Waals surface area contributed by atoms with Crippen molar-refractivity contribution in [2.24, 2.45) is 5.10 Å². The van der Waals surface area contributed by atoms with E-state index in [1.807, 2.05) is 30.3 Å². The topological polar surface area (TPSA) is 77.4 Å². The normalized spacial score (nSPS) is 16.8. The molecule has 1 heterocycles. The molecule has 144 valence electrons. The summed E-state index contributed by atoms with van der Waals surface area (Å²) in [4.78, 5) is 0. The van der Waals surface area contributed by atoms with Crippen LogP contribution in [-0.4, -0.2) is 46.1 Å². The fourth-order valence-electron chi connectivity index (χ4n) is 3.08. The summed E-state index contributed by atoms with van der Waals surface area (Å²) in [6.45, 7) is 0. The number of sulfonamides is 1. The summed E-state index contributed by atoms with van der Waals surface area (Å²) >= 11 is 0. The highest BCUT2D eigenvalue weighted by molar-refractivity contribution is 7.88. The van der Waals surface area contributed by atoms with Gasteiger partial charge in [-0.3, -0.25) is 0 Å². The van der Waals surface area contributed by atoms with Crippen molar-refractivity contribution in [1.29, 1.82) is 0 Å². The van der Waals surface area contributed by atoms with Crippen molar-refractivity contribution in [3.8, 4) is 17.2 Å². The molecule has 27 heavy (non-hydrogen) atoms. The first kappa shape index (κ1) is 19.0. The average molecular weight is 390 g/mol. The van der Waals surface area contributed by atoms with Crippen molar-refractivity contribution in [1.82, 2.24) is 4.41 Å². The Bertz CT molecular complexity index is 972. The number of ether oxygens (including phenoxy) is 3. The Balaban J connectivity index is 2.01. The van der Waals surface area contributed by atoms with E-state index < -0.39 is 16.1 Å². The maximum atomic E-state index is 12.3. The lowest BCUT2D eigenvalue weighted by Crippen LogP contribution is -2.25. The molecule has 2 aromatic carbocycles. The molecule has 1 aliphatic rings. The number of nitrogens with zero attached hydrogens (tertiary/aromatic N) is 2. The van der Waals surface area contributed by atoms with Crippen LogP contribution in [0.2, 0.25) is 0 Å². The number of methoxy groups -OCH3 is 3. The molecule has 0 aliphatic carbocycles. The Morgan fingerprint density at radius 1 is 1.00 bits per heavy atom. The third-order valence-corrected chi connectivity index (χ3v) is 5.42. The van der Waals surface area contributed by atoms with Gasteiger partial charge in [-0.25, -0.2) is 8.42 Å². The van der Waals surface area contributed by atoms with Gasteiger partial charge in [0.05, 0.1) is 39.3 Å². The molecule has 0 unspecified atom stereocenters. The summed E-state index contributed by atoms with van der Waals surface area (Å²) in [6, 6.07) is 12.3. The predicted molar refractivity (Wildman–Crippen MR) is 103 cm³/mol. The van der Waals surface area contributed by atoms with Gasteiger partial charge >= 0.3 is 0 Å². The molecule has 1 atom stereocenters. The maximum Gasteiger partial charge on any atom is 0.247 e. The quantitative estimate of drug-likeness (QED) is 0.758. The van der Waals surface area contributed by atoms with Gasteiger partial charge in [0.1, 0.15) is 5.75 Å². The summed E-state index contributed by atoms with van der Waals surface area (Å²) in [5.41, 5.74) is 2.26. The van der Waals surface area contributed by atoms with Crippen LogP contribution in [0.15, 0.2) is 47.6 Å². The van der Waals surface area contributed by atoms with Crippen LogP contribution in [0.4, 0.5) is 0 Å². The standard InChI is InChI=1S/C19H22N2O5S/c1-24-15-7-5-6-14(10-15)17-12-16(20-21(17)27(4,22)23)13-8-9-18(25-2)19(11-13)26-3/h5-11,17H,12H2,1-4H3/t17-/m0/s1. The zero-order valence-corrected chi connectivity index (χ0v) is 16.5. The van der Waals surface area contributed by atoms with E-state index in [1.165, 1.54) is 0 Å². The summed E-state index contributed by atoms with van der Waals surface area (Å²) in [5, 5.41) is 4.40. The number of hydrazone groups is 1. The zero-order chi connectivity index (χ0) is 19.6. The minimum Gasteiger partial charge on any atom is -0.497 e. The fourth-order valence-corrected chi connectivity index (χ4v) is 3.99. The highest BCUT2D eigenvalue weighted by atomic mass is 32.2. The van der Waals surface area contributed by atoms with Crippen LogP contribution >= 0.6 is 0 Å². The van der Waals surface area contributed by atoms with Gasteiger partial charge in [-0.05, 0) is 35.9 Å². The average Bonchev–Trinajstić information content (AvgIpc) is 3.13. The van der Waals surface area contributed by atoms with E-state index in [1.54, 1.807) is 33.5 Å². The Morgan fingerprint density at radius 2 is 1.74 bits per heavy atom. The van der Waals surface area contributed by atoms with Crippen LogP contribution in [0, 0.1) is 0 Å².